The molecule has 212 valence electrons. The van der Waals surface area contributed by atoms with Crippen LogP contribution >= 0.6 is 23.1 Å². The van der Waals surface area contributed by atoms with Crippen LogP contribution in [0.5, 0.6) is 5.75 Å². The highest BCUT2D eigenvalue weighted by molar-refractivity contribution is 7.99. The highest BCUT2D eigenvalue weighted by Gasteiger charge is 2.35. The summed E-state index contributed by atoms with van der Waals surface area (Å²) in [5.74, 6) is 0.857. The number of hydrogen-bond acceptors (Lipinski definition) is 9. The zero-order valence-electron chi connectivity index (χ0n) is 23.3. The monoisotopic (exact) mass is 591 g/mol. The number of likely N-dealkylation sites (N-methyl/N-ethyl adjacent to an activating group) is 1. The number of thiazole rings is 1. The molecule has 4 heterocycles. The van der Waals surface area contributed by atoms with Crippen molar-refractivity contribution >= 4 is 35.1 Å². The van der Waals surface area contributed by atoms with E-state index in [-0.39, 0.29) is 17.0 Å². The molecule has 0 aliphatic carbocycles. The fourth-order valence-electron chi connectivity index (χ4n) is 4.75. The van der Waals surface area contributed by atoms with Crippen LogP contribution in [0.25, 0.3) is 6.08 Å². The number of aromatic nitrogens is 3. The van der Waals surface area contributed by atoms with E-state index in [4.69, 9.17) is 14.1 Å². The van der Waals surface area contributed by atoms with Crippen LogP contribution in [0, 0.1) is 6.92 Å². The number of allylic oxidation sites excluding steroid dienone is 1. The van der Waals surface area contributed by atoms with Crippen LogP contribution in [0.2, 0.25) is 0 Å². The Kier molecular flexibility index (Phi) is 8.13. The largest absolute Gasteiger partial charge is 0.496 e. The number of amides is 1. The highest BCUT2D eigenvalue weighted by Crippen LogP contribution is 2.36. The zero-order valence-corrected chi connectivity index (χ0v) is 24.9. The van der Waals surface area contributed by atoms with Crippen LogP contribution < -0.4 is 25.2 Å². The summed E-state index contributed by atoms with van der Waals surface area (Å²) in [6.07, 6.45) is 1.66. The number of nitrogens with zero attached hydrogens (tertiary/aromatic N) is 4. The van der Waals surface area contributed by atoms with E-state index < -0.39 is 6.04 Å². The molecule has 12 heteroatoms. The minimum absolute atomic E-state index is 0.170. The Bertz CT molecular complexity index is 1890. The van der Waals surface area contributed by atoms with E-state index in [1.54, 1.807) is 48.6 Å². The third-order valence-corrected chi connectivity index (χ3v) is 8.45. The number of nitrogens with one attached hydrogen (secondary N) is 1. The smallest absolute Gasteiger partial charge is 0.271 e. The van der Waals surface area contributed by atoms with E-state index in [2.05, 4.69) is 9.97 Å². The number of carbonyl (C=O) groups excluding carboxylic acids is 1. The van der Waals surface area contributed by atoms with Crippen molar-refractivity contribution < 1.29 is 13.9 Å². The molecule has 0 radical (unpaired) electrons. The van der Waals surface area contributed by atoms with Gasteiger partial charge in [-0.3, -0.25) is 19.0 Å². The molecule has 0 saturated carbocycles. The summed E-state index contributed by atoms with van der Waals surface area (Å²) < 4.78 is 13.6. The average Bonchev–Trinajstić information content (AvgIpc) is 3.50. The maximum absolute atomic E-state index is 14.0. The molecular weight excluding hydrogens is 562 g/mol. The lowest BCUT2D eigenvalue weighted by Gasteiger charge is -2.29. The van der Waals surface area contributed by atoms with Crippen molar-refractivity contribution in [2.45, 2.75) is 44.0 Å². The van der Waals surface area contributed by atoms with Gasteiger partial charge in [0, 0.05) is 36.5 Å². The Hall–Kier alpha value is -4.16. The quantitative estimate of drug-likeness (QED) is 0.312. The topological polar surface area (TPSA) is 123 Å². The first kappa shape index (κ1) is 28.4. The third kappa shape index (κ3) is 5.57. The Morgan fingerprint density at radius 2 is 1.95 bits per heavy atom. The number of carbonyl (C=O) groups is 1. The second kappa shape index (κ2) is 11.8. The van der Waals surface area contributed by atoms with E-state index in [9.17, 15) is 14.4 Å². The Morgan fingerprint density at radius 3 is 2.66 bits per heavy atom. The van der Waals surface area contributed by atoms with Crippen molar-refractivity contribution in [2.24, 2.45) is 4.99 Å². The lowest BCUT2D eigenvalue weighted by molar-refractivity contribution is -0.127. The summed E-state index contributed by atoms with van der Waals surface area (Å²) in [6.45, 7) is 8.45. The van der Waals surface area contributed by atoms with Gasteiger partial charge < -0.3 is 19.0 Å². The molecule has 1 aliphatic heterocycles. The average molecular weight is 592 g/mol. The molecule has 3 aromatic heterocycles. The number of benzene rings is 1. The summed E-state index contributed by atoms with van der Waals surface area (Å²) in [6, 6.07) is 11.6. The molecule has 0 spiro atoms. The van der Waals surface area contributed by atoms with Crippen LogP contribution in [-0.2, 0) is 4.79 Å². The Balaban J connectivity index is 1.61. The fraction of sp³-hybridized carbons (Fsp3) is 0.276. The predicted molar refractivity (Wildman–Crippen MR) is 157 cm³/mol. The first-order valence-corrected chi connectivity index (χ1v) is 14.7. The number of hydrogen-bond donors (Lipinski definition) is 1. The van der Waals surface area contributed by atoms with Crippen LogP contribution in [0.15, 0.2) is 83.0 Å². The van der Waals surface area contributed by atoms with E-state index in [1.807, 2.05) is 38.1 Å². The number of aromatic amines is 1. The lowest BCUT2D eigenvalue weighted by Crippen LogP contribution is -2.43. The van der Waals surface area contributed by atoms with Gasteiger partial charge in [0.25, 0.3) is 17.0 Å². The second-order valence-corrected chi connectivity index (χ2v) is 11.3. The second-order valence-electron chi connectivity index (χ2n) is 9.25. The SMILES string of the molecule is CCN(CC)C(=O)C1=C(C)N=c2s/c(=C\c3ccc(Sc4nc(C)cc(=O)[nH]4)o3)c(=O)n2[C@H]1c1ccccc1OC. The Labute approximate surface area is 243 Å². The maximum Gasteiger partial charge on any atom is 0.271 e. The van der Waals surface area contributed by atoms with Crippen LogP contribution in [-0.4, -0.2) is 45.5 Å². The molecule has 0 fully saturated rings. The van der Waals surface area contributed by atoms with Crippen molar-refractivity contribution in [3.8, 4) is 5.75 Å². The van der Waals surface area contributed by atoms with Gasteiger partial charge in [0.2, 0.25) is 0 Å². The van der Waals surface area contributed by atoms with Gasteiger partial charge in [0.05, 0.1) is 22.9 Å². The molecule has 5 rings (SSSR count). The number of furan rings is 1. The molecule has 41 heavy (non-hydrogen) atoms. The number of fused-ring (bicyclic) bond motifs is 1. The number of methoxy groups -OCH3 is 1. The van der Waals surface area contributed by atoms with Crippen molar-refractivity contribution in [2.75, 3.05) is 20.2 Å². The maximum atomic E-state index is 14.0. The van der Waals surface area contributed by atoms with Crippen molar-refractivity contribution in [1.29, 1.82) is 0 Å². The first-order valence-electron chi connectivity index (χ1n) is 13.0. The lowest BCUT2D eigenvalue weighted by atomic mass is 9.94. The normalized spacial score (nSPS) is 15.0. The molecule has 1 amide bonds. The molecule has 1 aliphatic rings. The van der Waals surface area contributed by atoms with Crippen molar-refractivity contribution in [3.63, 3.8) is 0 Å². The summed E-state index contributed by atoms with van der Waals surface area (Å²) in [7, 11) is 1.57. The summed E-state index contributed by atoms with van der Waals surface area (Å²) in [5, 5.41) is 0.917. The predicted octanol–water partition coefficient (Wildman–Crippen LogP) is 3.25. The molecule has 1 aromatic carbocycles. The highest BCUT2D eigenvalue weighted by atomic mass is 32.2. The van der Waals surface area contributed by atoms with E-state index in [0.29, 0.717) is 66.7 Å². The number of para-hydroxylation sites is 1. The summed E-state index contributed by atoms with van der Waals surface area (Å²) >= 11 is 2.40. The first-order chi connectivity index (χ1) is 19.7. The molecule has 1 N–H and O–H groups in total. The van der Waals surface area contributed by atoms with Crippen LogP contribution in [0.3, 0.4) is 0 Å². The number of H-pyrrole nitrogens is 1. The molecular formula is C29H29N5O5S2. The van der Waals surface area contributed by atoms with E-state index >= 15 is 0 Å². The van der Waals surface area contributed by atoms with Gasteiger partial charge in [0.1, 0.15) is 17.6 Å². The minimum Gasteiger partial charge on any atom is -0.496 e. The van der Waals surface area contributed by atoms with Crippen molar-refractivity contribution in [3.05, 3.63) is 101 Å². The number of ether oxygens (including phenoxy) is 1. The Morgan fingerprint density at radius 1 is 1.20 bits per heavy atom. The van der Waals surface area contributed by atoms with Gasteiger partial charge in [0.15, 0.2) is 15.1 Å². The van der Waals surface area contributed by atoms with Crippen LogP contribution in [0.4, 0.5) is 0 Å². The molecule has 1 atom stereocenters. The minimum atomic E-state index is -0.718. The molecule has 0 bridgehead atoms. The van der Waals surface area contributed by atoms with Gasteiger partial charge >= 0.3 is 0 Å². The molecule has 0 unspecified atom stereocenters. The number of rotatable bonds is 8. The molecule has 10 nitrogen and oxygen atoms in total. The standard InChI is InChI=1S/C29H29N5O5S2/c1-6-33(7-2)27(37)24-17(4)31-29-34(25(24)19-10-8-9-11-20(19)38-5)26(36)21(40-29)15-18-12-13-23(39-18)41-28-30-16(3)14-22(35)32-28/h8-15,25H,6-7H2,1-5H3,(H,30,32,35)/b21-15-/t25-/m0/s1. The van der Waals surface area contributed by atoms with Gasteiger partial charge in [-0.15, -0.1) is 0 Å². The van der Waals surface area contributed by atoms with Gasteiger partial charge in [-0.05, 0) is 57.7 Å². The van der Waals surface area contributed by atoms with E-state index in [1.165, 1.54) is 29.2 Å². The van der Waals surface area contributed by atoms with Crippen molar-refractivity contribution in [1.82, 2.24) is 19.4 Å². The zero-order chi connectivity index (χ0) is 29.3. The fourth-order valence-corrected chi connectivity index (χ4v) is 6.59. The summed E-state index contributed by atoms with van der Waals surface area (Å²) in [4.78, 5) is 53.4. The summed E-state index contributed by atoms with van der Waals surface area (Å²) in [5.41, 5.74) is 1.76. The van der Waals surface area contributed by atoms with Gasteiger partial charge in [-0.2, -0.15) is 0 Å². The van der Waals surface area contributed by atoms with E-state index in [0.717, 1.165) is 0 Å². The molecule has 0 saturated heterocycles. The third-order valence-electron chi connectivity index (χ3n) is 6.66. The molecule has 4 aromatic rings. The van der Waals surface area contributed by atoms with Gasteiger partial charge in [-0.25, -0.2) is 9.98 Å². The number of aryl methyl sites for hydroxylation is 1. The van der Waals surface area contributed by atoms with Gasteiger partial charge in [-0.1, -0.05) is 29.5 Å². The van der Waals surface area contributed by atoms with Crippen LogP contribution in [0.1, 0.15) is 43.8 Å².